The van der Waals surface area contributed by atoms with Crippen molar-refractivity contribution in [2.45, 2.75) is 51.5 Å². The molecule has 0 heterocycles. The molecule has 0 aliphatic rings. The number of carbonyl (C=O) groups is 2. The molecule has 2 rings (SSSR count). The molecule has 0 bridgehead atoms. The summed E-state index contributed by atoms with van der Waals surface area (Å²) in [6.07, 6.45) is -7.02. The maximum absolute atomic E-state index is 14.6. The van der Waals surface area contributed by atoms with E-state index in [9.17, 15) is 22.8 Å². The van der Waals surface area contributed by atoms with Gasteiger partial charge in [0.1, 0.15) is 5.60 Å². The van der Waals surface area contributed by atoms with Crippen LogP contribution in [0.3, 0.4) is 0 Å². The van der Waals surface area contributed by atoms with Crippen molar-refractivity contribution >= 4 is 41.0 Å². The first kappa shape index (κ1) is 29.6. The van der Waals surface area contributed by atoms with Crippen molar-refractivity contribution in [3.8, 4) is 0 Å². The number of hydrogen-bond donors (Lipinski definition) is 0. The van der Waals surface area contributed by atoms with E-state index in [4.69, 9.17) is 32.7 Å². The molecule has 2 aromatic rings. The van der Waals surface area contributed by atoms with Crippen LogP contribution < -0.4 is 0 Å². The minimum atomic E-state index is -4.97. The zero-order valence-electron chi connectivity index (χ0n) is 20.5. The van der Waals surface area contributed by atoms with Gasteiger partial charge in [-0.25, -0.2) is 9.59 Å². The zero-order chi connectivity index (χ0) is 27.5. The van der Waals surface area contributed by atoms with E-state index in [2.05, 4.69) is 9.73 Å². The van der Waals surface area contributed by atoms with E-state index >= 15 is 0 Å². The first-order chi connectivity index (χ1) is 16.5. The second-order valence-electron chi connectivity index (χ2n) is 8.92. The largest absolute Gasteiger partial charge is 0.456 e. The summed E-state index contributed by atoms with van der Waals surface area (Å²) in [5, 5.41) is -0.0700. The van der Waals surface area contributed by atoms with Crippen LogP contribution in [0.4, 0.5) is 18.0 Å². The molecule has 0 aliphatic carbocycles. The summed E-state index contributed by atoms with van der Waals surface area (Å²) in [5.41, 5.74) is -3.63. The van der Waals surface area contributed by atoms with Crippen LogP contribution in [-0.4, -0.2) is 43.8 Å². The second-order valence-corrected chi connectivity index (χ2v) is 9.80. The Morgan fingerprint density at radius 3 is 2.00 bits per heavy atom. The summed E-state index contributed by atoms with van der Waals surface area (Å²) >= 11 is 12.0. The standard InChI is InChI=1S/C25H26Cl2F3NO5/c1-14-9-15(7-8-19(14)21(32)36-23(2,3)4)20(31-22(33)34-5)13-24(35-6,25(28,29)30)16-10-17(26)12-18(27)11-16/h7-12H,13H2,1-6H3/b31-20-. The number of rotatable bonds is 6. The molecule has 196 valence electrons. The minimum absolute atomic E-state index is 0.0350. The lowest BCUT2D eigenvalue weighted by molar-refractivity contribution is -0.273. The highest BCUT2D eigenvalue weighted by Gasteiger charge is 2.57. The highest BCUT2D eigenvalue weighted by Crippen LogP contribution is 2.46. The summed E-state index contributed by atoms with van der Waals surface area (Å²) in [6.45, 7) is 6.71. The quantitative estimate of drug-likeness (QED) is 0.280. The molecule has 0 saturated carbocycles. The Kier molecular flexibility index (Phi) is 9.20. The molecule has 0 N–H and O–H groups in total. The highest BCUT2D eigenvalue weighted by atomic mass is 35.5. The lowest BCUT2D eigenvalue weighted by Crippen LogP contribution is -2.46. The number of methoxy groups -OCH3 is 2. The van der Waals surface area contributed by atoms with Gasteiger partial charge in [-0.3, -0.25) is 0 Å². The maximum Gasteiger partial charge on any atom is 0.433 e. The van der Waals surface area contributed by atoms with Gasteiger partial charge in [-0.05, 0) is 74.7 Å². The molecule has 0 spiro atoms. The smallest absolute Gasteiger partial charge is 0.433 e. The molecule has 0 aliphatic heterocycles. The summed E-state index contributed by atoms with van der Waals surface area (Å²) in [4.78, 5) is 28.3. The molecular formula is C25H26Cl2F3NO5. The number of ether oxygens (including phenoxy) is 3. The maximum atomic E-state index is 14.6. The Labute approximate surface area is 217 Å². The second kappa shape index (κ2) is 11.2. The molecule has 1 unspecified atom stereocenters. The Hall–Kier alpha value is -2.62. The van der Waals surface area contributed by atoms with Crippen molar-refractivity contribution in [1.29, 1.82) is 0 Å². The third-order valence-corrected chi connectivity index (χ3v) is 5.57. The van der Waals surface area contributed by atoms with Crippen molar-refractivity contribution in [3.63, 3.8) is 0 Å². The molecular weight excluding hydrogens is 522 g/mol. The Bertz CT molecular complexity index is 1160. The lowest BCUT2D eigenvalue weighted by atomic mass is 9.85. The molecule has 0 aromatic heterocycles. The number of aryl methyl sites for hydroxylation is 1. The van der Waals surface area contributed by atoms with Crippen molar-refractivity contribution in [1.82, 2.24) is 0 Å². The Morgan fingerprint density at radius 2 is 1.56 bits per heavy atom. The van der Waals surface area contributed by atoms with Gasteiger partial charge in [0.15, 0.2) is 5.60 Å². The molecule has 6 nitrogen and oxygen atoms in total. The number of carbonyl (C=O) groups excluding carboxylic acids is 2. The van der Waals surface area contributed by atoms with E-state index in [-0.39, 0.29) is 32.4 Å². The third kappa shape index (κ3) is 6.99. The number of amides is 1. The Morgan fingerprint density at radius 1 is 0.972 bits per heavy atom. The molecule has 0 saturated heterocycles. The van der Waals surface area contributed by atoms with E-state index in [0.717, 1.165) is 26.4 Å². The fraction of sp³-hybridized carbons (Fsp3) is 0.400. The zero-order valence-corrected chi connectivity index (χ0v) is 22.1. The highest BCUT2D eigenvalue weighted by molar-refractivity contribution is 6.34. The monoisotopic (exact) mass is 547 g/mol. The normalized spacial score (nSPS) is 14.2. The number of hydrogen-bond acceptors (Lipinski definition) is 5. The van der Waals surface area contributed by atoms with Crippen LogP contribution in [0.2, 0.25) is 10.0 Å². The van der Waals surface area contributed by atoms with Gasteiger partial charge >= 0.3 is 18.2 Å². The van der Waals surface area contributed by atoms with Crippen LogP contribution in [-0.2, 0) is 19.8 Å². The van der Waals surface area contributed by atoms with Crippen LogP contribution in [0.25, 0.3) is 0 Å². The molecule has 0 radical (unpaired) electrons. The first-order valence-electron chi connectivity index (χ1n) is 10.6. The molecule has 1 amide bonds. The van der Waals surface area contributed by atoms with Crippen LogP contribution in [0.5, 0.6) is 0 Å². The van der Waals surface area contributed by atoms with Gasteiger partial charge in [-0.2, -0.15) is 18.2 Å². The van der Waals surface area contributed by atoms with Crippen molar-refractivity contribution in [3.05, 3.63) is 68.7 Å². The van der Waals surface area contributed by atoms with Gasteiger partial charge in [-0.1, -0.05) is 29.3 Å². The summed E-state index contributed by atoms with van der Waals surface area (Å²) in [5.74, 6) is -0.604. The van der Waals surface area contributed by atoms with Crippen molar-refractivity contribution in [2.75, 3.05) is 14.2 Å². The SMILES string of the molecule is COC(=O)/N=C(/CC(OC)(c1cc(Cl)cc(Cl)c1)C(F)(F)F)c1ccc(C(=O)OC(C)(C)C)c(C)c1. The number of nitrogens with zero attached hydrogens (tertiary/aromatic N) is 1. The molecule has 36 heavy (non-hydrogen) atoms. The van der Waals surface area contributed by atoms with Gasteiger partial charge in [-0.15, -0.1) is 0 Å². The van der Waals surface area contributed by atoms with E-state index in [1.807, 2.05) is 0 Å². The van der Waals surface area contributed by atoms with Crippen LogP contribution in [0, 0.1) is 6.92 Å². The number of alkyl halides is 3. The average molecular weight is 548 g/mol. The van der Waals surface area contributed by atoms with Crippen LogP contribution in [0.15, 0.2) is 41.4 Å². The first-order valence-corrected chi connectivity index (χ1v) is 11.4. The Balaban J connectivity index is 2.68. The van der Waals surface area contributed by atoms with E-state index in [0.29, 0.717) is 5.56 Å². The predicted octanol–water partition coefficient (Wildman–Crippen LogP) is 7.31. The lowest BCUT2D eigenvalue weighted by Gasteiger charge is -2.35. The van der Waals surface area contributed by atoms with Gasteiger partial charge in [0.05, 0.1) is 18.4 Å². The fourth-order valence-electron chi connectivity index (χ4n) is 3.46. The molecule has 1 atom stereocenters. The third-order valence-electron chi connectivity index (χ3n) is 5.13. The average Bonchev–Trinajstić information content (AvgIpc) is 2.73. The van der Waals surface area contributed by atoms with E-state index in [1.54, 1.807) is 27.7 Å². The minimum Gasteiger partial charge on any atom is -0.456 e. The molecule has 11 heteroatoms. The van der Waals surface area contributed by atoms with E-state index in [1.165, 1.54) is 24.3 Å². The number of benzene rings is 2. The molecule has 0 fully saturated rings. The summed E-state index contributed by atoms with van der Waals surface area (Å²) in [7, 11) is 1.93. The summed E-state index contributed by atoms with van der Waals surface area (Å²) < 4.78 is 58.7. The fourth-order valence-corrected chi connectivity index (χ4v) is 3.99. The van der Waals surface area contributed by atoms with Crippen molar-refractivity contribution in [2.24, 2.45) is 4.99 Å². The van der Waals surface area contributed by atoms with Crippen LogP contribution in [0.1, 0.15) is 54.2 Å². The number of esters is 1. The van der Waals surface area contributed by atoms with Crippen LogP contribution >= 0.6 is 23.2 Å². The van der Waals surface area contributed by atoms with Gasteiger partial charge in [0.2, 0.25) is 0 Å². The van der Waals surface area contributed by atoms with Gasteiger partial charge < -0.3 is 14.2 Å². The topological polar surface area (TPSA) is 74.2 Å². The number of aliphatic imine (C=N–C) groups is 1. The van der Waals surface area contributed by atoms with Crippen molar-refractivity contribution < 1.29 is 37.0 Å². The van der Waals surface area contributed by atoms with Gasteiger partial charge in [0, 0.05) is 23.6 Å². The molecule has 2 aromatic carbocycles. The van der Waals surface area contributed by atoms with Gasteiger partial charge in [0.25, 0.3) is 0 Å². The summed E-state index contributed by atoms with van der Waals surface area (Å²) in [6, 6.07) is 7.64. The van der Waals surface area contributed by atoms with E-state index < -0.39 is 35.9 Å². The predicted molar refractivity (Wildman–Crippen MR) is 131 cm³/mol. The number of halogens is 5.